The minimum atomic E-state index is -3.83. The van der Waals surface area contributed by atoms with Crippen molar-refractivity contribution in [3.63, 3.8) is 0 Å². The number of nitriles is 2. The first-order chi connectivity index (χ1) is 9.56. The molecule has 0 aliphatic heterocycles. The predicted octanol–water partition coefficient (Wildman–Crippen LogP) is 2.23. The Morgan fingerprint density at radius 3 is 2.15 bits per heavy atom. The number of nitrogens with one attached hydrogen (secondary N) is 1. The lowest BCUT2D eigenvalue weighted by atomic mass is 10.2. The van der Waals surface area contributed by atoms with Gasteiger partial charge in [-0.3, -0.25) is 4.72 Å². The third kappa shape index (κ3) is 2.77. The molecule has 0 heterocycles. The van der Waals surface area contributed by atoms with Gasteiger partial charge in [0.15, 0.2) is 0 Å². The fourth-order valence-electron chi connectivity index (χ4n) is 1.62. The maximum atomic E-state index is 12.2. The average Bonchev–Trinajstić information content (AvgIpc) is 2.47. The molecule has 0 radical (unpaired) electrons. The molecule has 2 aromatic carbocycles. The van der Waals surface area contributed by atoms with Gasteiger partial charge in [-0.1, -0.05) is 12.1 Å². The van der Waals surface area contributed by atoms with Crippen molar-refractivity contribution in [3.05, 3.63) is 59.7 Å². The van der Waals surface area contributed by atoms with E-state index in [0.29, 0.717) is 11.3 Å². The largest absolute Gasteiger partial charge is 0.280 e. The third-order valence-electron chi connectivity index (χ3n) is 2.56. The van der Waals surface area contributed by atoms with Crippen molar-refractivity contribution in [2.24, 2.45) is 0 Å². The van der Waals surface area contributed by atoms with Crippen LogP contribution in [0.1, 0.15) is 11.1 Å². The van der Waals surface area contributed by atoms with Crippen molar-refractivity contribution in [1.29, 1.82) is 10.5 Å². The van der Waals surface area contributed by atoms with Crippen molar-refractivity contribution in [2.75, 3.05) is 4.72 Å². The smallest absolute Gasteiger partial charge is 0.263 e. The Balaban J connectivity index is 2.36. The quantitative estimate of drug-likeness (QED) is 0.934. The molecule has 2 aromatic rings. The first-order valence-corrected chi connectivity index (χ1v) is 7.07. The summed E-state index contributed by atoms with van der Waals surface area (Å²) in [4.78, 5) is -0.0770. The zero-order valence-electron chi connectivity index (χ0n) is 10.2. The van der Waals surface area contributed by atoms with E-state index in [1.807, 2.05) is 12.1 Å². The maximum absolute atomic E-state index is 12.2. The minimum absolute atomic E-state index is 0.0770. The van der Waals surface area contributed by atoms with E-state index in [1.165, 1.54) is 36.4 Å². The average molecular weight is 283 g/mol. The van der Waals surface area contributed by atoms with Crippen LogP contribution < -0.4 is 4.72 Å². The molecule has 0 saturated heterocycles. The van der Waals surface area contributed by atoms with Gasteiger partial charge in [0.2, 0.25) is 0 Å². The van der Waals surface area contributed by atoms with E-state index in [9.17, 15) is 8.42 Å². The second-order valence-electron chi connectivity index (χ2n) is 3.90. The molecule has 0 atom stereocenters. The summed E-state index contributed by atoms with van der Waals surface area (Å²) >= 11 is 0. The normalized spacial score (nSPS) is 10.3. The van der Waals surface area contributed by atoms with Gasteiger partial charge in [0.1, 0.15) is 11.0 Å². The molecule has 0 aromatic heterocycles. The summed E-state index contributed by atoms with van der Waals surface area (Å²) in [6.07, 6.45) is 0. The van der Waals surface area contributed by atoms with Crippen molar-refractivity contribution in [2.45, 2.75) is 4.90 Å². The zero-order valence-corrected chi connectivity index (χ0v) is 11.1. The summed E-state index contributed by atoms with van der Waals surface area (Å²) in [7, 11) is -3.83. The lowest BCUT2D eigenvalue weighted by molar-refractivity contribution is 0.601. The number of nitrogens with zero attached hydrogens (tertiary/aromatic N) is 2. The summed E-state index contributed by atoms with van der Waals surface area (Å²) in [5.74, 6) is 0. The Kier molecular flexibility index (Phi) is 3.69. The van der Waals surface area contributed by atoms with Crippen LogP contribution in [-0.2, 0) is 10.0 Å². The van der Waals surface area contributed by atoms with Crippen molar-refractivity contribution in [3.8, 4) is 12.1 Å². The number of hydrogen-bond acceptors (Lipinski definition) is 4. The molecule has 0 spiro atoms. The van der Waals surface area contributed by atoms with Crippen LogP contribution in [0.4, 0.5) is 5.69 Å². The molecule has 1 N–H and O–H groups in total. The molecule has 0 fully saturated rings. The van der Waals surface area contributed by atoms with Gasteiger partial charge < -0.3 is 0 Å². The molecule has 0 aliphatic rings. The first-order valence-electron chi connectivity index (χ1n) is 5.59. The standard InChI is InChI=1S/C14H9N3O2S/c15-9-11-5-7-13(8-6-11)17-20(18,19)14-4-2-1-3-12(14)10-16/h1-8,17H. The maximum Gasteiger partial charge on any atom is 0.263 e. The van der Waals surface area contributed by atoms with Crippen molar-refractivity contribution in [1.82, 2.24) is 0 Å². The number of hydrogen-bond donors (Lipinski definition) is 1. The highest BCUT2D eigenvalue weighted by atomic mass is 32.2. The van der Waals surface area contributed by atoms with Gasteiger partial charge in [-0.2, -0.15) is 10.5 Å². The van der Waals surface area contributed by atoms with Crippen LogP contribution in [0.15, 0.2) is 53.4 Å². The van der Waals surface area contributed by atoms with Crippen LogP contribution in [-0.4, -0.2) is 8.42 Å². The van der Waals surface area contributed by atoms with Gasteiger partial charge in [-0.05, 0) is 36.4 Å². The molecule has 2 rings (SSSR count). The highest BCUT2D eigenvalue weighted by Crippen LogP contribution is 2.19. The number of rotatable bonds is 3. The van der Waals surface area contributed by atoms with E-state index in [0.717, 1.165) is 0 Å². The van der Waals surface area contributed by atoms with Gasteiger partial charge in [-0.25, -0.2) is 8.42 Å². The van der Waals surface area contributed by atoms with Crippen molar-refractivity contribution >= 4 is 15.7 Å². The van der Waals surface area contributed by atoms with Crippen LogP contribution in [0.5, 0.6) is 0 Å². The van der Waals surface area contributed by atoms with E-state index >= 15 is 0 Å². The SMILES string of the molecule is N#Cc1ccc(NS(=O)(=O)c2ccccc2C#N)cc1. The number of anilines is 1. The van der Waals surface area contributed by atoms with Gasteiger partial charge in [0.25, 0.3) is 10.0 Å². The summed E-state index contributed by atoms with van der Waals surface area (Å²) in [5, 5.41) is 17.6. The van der Waals surface area contributed by atoms with Gasteiger partial charge in [-0.15, -0.1) is 0 Å². The number of sulfonamides is 1. The molecule has 5 nitrogen and oxygen atoms in total. The van der Waals surface area contributed by atoms with Gasteiger partial charge in [0, 0.05) is 5.69 Å². The third-order valence-corrected chi connectivity index (χ3v) is 4.00. The van der Waals surface area contributed by atoms with Gasteiger partial charge in [0.05, 0.1) is 17.2 Å². The van der Waals surface area contributed by atoms with Crippen LogP contribution in [0.25, 0.3) is 0 Å². The monoisotopic (exact) mass is 283 g/mol. The number of benzene rings is 2. The Hall–Kier alpha value is -2.83. The molecular formula is C14H9N3O2S. The second kappa shape index (κ2) is 5.43. The highest BCUT2D eigenvalue weighted by Gasteiger charge is 2.18. The van der Waals surface area contributed by atoms with Gasteiger partial charge >= 0.3 is 0 Å². The van der Waals surface area contributed by atoms with Crippen LogP contribution in [0, 0.1) is 22.7 Å². The van der Waals surface area contributed by atoms with E-state index in [4.69, 9.17) is 10.5 Å². The Morgan fingerprint density at radius 2 is 1.55 bits per heavy atom. The Labute approximate surface area is 116 Å². The van der Waals surface area contributed by atoms with E-state index in [-0.39, 0.29) is 10.5 Å². The fourth-order valence-corrected chi connectivity index (χ4v) is 2.83. The summed E-state index contributed by atoms with van der Waals surface area (Å²) in [6.45, 7) is 0. The zero-order chi connectivity index (χ0) is 14.6. The molecule has 0 bridgehead atoms. The van der Waals surface area contributed by atoms with E-state index in [1.54, 1.807) is 12.1 Å². The molecule has 0 unspecified atom stereocenters. The van der Waals surface area contributed by atoms with E-state index in [2.05, 4.69) is 4.72 Å². The Bertz CT molecular complexity index is 813. The second-order valence-corrected chi connectivity index (χ2v) is 5.55. The predicted molar refractivity (Wildman–Crippen MR) is 73.1 cm³/mol. The first kappa shape index (κ1) is 13.6. The lowest BCUT2D eigenvalue weighted by Gasteiger charge is -2.09. The Morgan fingerprint density at radius 1 is 0.900 bits per heavy atom. The van der Waals surface area contributed by atoms with Crippen LogP contribution in [0.2, 0.25) is 0 Å². The summed E-state index contributed by atoms with van der Waals surface area (Å²) in [5.41, 5.74) is 0.843. The molecule has 98 valence electrons. The molecular weight excluding hydrogens is 274 g/mol. The molecule has 0 saturated carbocycles. The van der Waals surface area contributed by atoms with Crippen LogP contribution >= 0.6 is 0 Å². The molecule has 0 amide bonds. The highest BCUT2D eigenvalue weighted by molar-refractivity contribution is 7.92. The lowest BCUT2D eigenvalue weighted by Crippen LogP contribution is -2.14. The topological polar surface area (TPSA) is 93.8 Å². The van der Waals surface area contributed by atoms with E-state index < -0.39 is 10.0 Å². The summed E-state index contributed by atoms with van der Waals surface area (Å²) in [6, 6.07) is 15.7. The fraction of sp³-hybridized carbons (Fsp3) is 0. The molecule has 0 aliphatic carbocycles. The minimum Gasteiger partial charge on any atom is -0.280 e. The molecule has 20 heavy (non-hydrogen) atoms. The summed E-state index contributed by atoms with van der Waals surface area (Å²) < 4.78 is 26.8. The van der Waals surface area contributed by atoms with Crippen molar-refractivity contribution < 1.29 is 8.42 Å². The van der Waals surface area contributed by atoms with Crippen LogP contribution in [0.3, 0.4) is 0 Å². The molecule has 6 heteroatoms.